The number of amides is 1. The lowest BCUT2D eigenvalue weighted by Gasteiger charge is -2.25. The van der Waals surface area contributed by atoms with Crippen molar-refractivity contribution in [2.45, 2.75) is 17.5 Å². The van der Waals surface area contributed by atoms with Crippen LogP contribution in [0.2, 0.25) is 0 Å². The topological polar surface area (TPSA) is 114 Å². The standard InChI is InChI=1S/C37H33FIN7O3/c1-40-37(47)30-20-41-17-16-32(30)42-34-28-13-15-33(43-35(28)45-36(44-34)29-18-25(19-39)8-14-31(29)38)46(21-23-4-9-26(48-2)10-5-23)22-24-6-11-27(49-3)12-7-24/h4-18,20H,19,21-22H2,1-3H3,(H,40,47)(H,41,42,43,44,45). The number of pyridine rings is 2. The van der Waals surface area contributed by atoms with Crippen molar-refractivity contribution >= 4 is 56.9 Å². The zero-order valence-corrected chi connectivity index (χ0v) is 29.2. The van der Waals surface area contributed by atoms with Crippen LogP contribution < -0.4 is 25.0 Å². The van der Waals surface area contributed by atoms with Crippen molar-refractivity contribution < 1.29 is 18.7 Å². The monoisotopic (exact) mass is 769 g/mol. The van der Waals surface area contributed by atoms with Crippen molar-refractivity contribution in [1.29, 1.82) is 0 Å². The summed E-state index contributed by atoms with van der Waals surface area (Å²) < 4.78 is 26.8. The molecule has 0 aliphatic heterocycles. The van der Waals surface area contributed by atoms with Gasteiger partial charge in [-0.15, -0.1) is 0 Å². The van der Waals surface area contributed by atoms with Crippen LogP contribution in [0.1, 0.15) is 27.0 Å². The number of hydrogen-bond acceptors (Lipinski definition) is 9. The lowest BCUT2D eigenvalue weighted by molar-refractivity contribution is 0.0963. The summed E-state index contributed by atoms with van der Waals surface area (Å²) in [6, 6.07) is 26.2. The van der Waals surface area contributed by atoms with E-state index in [0.29, 0.717) is 51.4 Å². The van der Waals surface area contributed by atoms with E-state index in [0.717, 1.165) is 28.2 Å². The molecule has 1 amide bonds. The number of nitrogens with zero attached hydrogens (tertiary/aromatic N) is 5. The Hall–Kier alpha value is -5.37. The third-order valence-corrected chi connectivity index (χ3v) is 8.79. The van der Waals surface area contributed by atoms with Gasteiger partial charge in [-0.25, -0.2) is 19.3 Å². The molecule has 0 radical (unpaired) electrons. The van der Waals surface area contributed by atoms with Gasteiger partial charge in [-0.1, -0.05) is 52.9 Å². The Bertz CT molecular complexity index is 2050. The molecule has 0 saturated carbocycles. The Morgan fingerprint density at radius 2 is 1.49 bits per heavy atom. The highest BCUT2D eigenvalue weighted by Gasteiger charge is 2.19. The second-order valence-corrected chi connectivity index (χ2v) is 11.8. The molecule has 0 bridgehead atoms. The van der Waals surface area contributed by atoms with Gasteiger partial charge in [0.2, 0.25) is 0 Å². The Labute approximate surface area is 296 Å². The molecule has 3 heterocycles. The van der Waals surface area contributed by atoms with Crippen LogP contribution in [0.5, 0.6) is 11.5 Å². The number of fused-ring (bicyclic) bond motifs is 1. The van der Waals surface area contributed by atoms with Gasteiger partial charge in [0.1, 0.15) is 29.0 Å². The van der Waals surface area contributed by atoms with Gasteiger partial charge < -0.3 is 25.0 Å². The summed E-state index contributed by atoms with van der Waals surface area (Å²) in [5, 5.41) is 6.52. The third-order valence-electron chi connectivity index (χ3n) is 7.91. The Kier molecular flexibility index (Phi) is 10.4. The maximum absolute atomic E-state index is 15.4. The molecular formula is C37H33FIN7O3. The highest BCUT2D eigenvalue weighted by molar-refractivity contribution is 14.1. The quantitative estimate of drug-likeness (QED) is 0.0966. The van der Waals surface area contributed by atoms with Crippen LogP contribution >= 0.6 is 22.6 Å². The smallest absolute Gasteiger partial charge is 0.254 e. The number of methoxy groups -OCH3 is 2. The molecule has 0 spiro atoms. The van der Waals surface area contributed by atoms with Crippen LogP contribution in [0.15, 0.2) is 97.3 Å². The number of benzene rings is 3. The number of ether oxygens (including phenoxy) is 2. The largest absolute Gasteiger partial charge is 0.497 e. The van der Waals surface area contributed by atoms with Crippen molar-refractivity contribution in [1.82, 2.24) is 25.3 Å². The molecule has 0 saturated heterocycles. The number of rotatable bonds is 12. The van der Waals surface area contributed by atoms with Crippen LogP contribution in [-0.2, 0) is 17.5 Å². The van der Waals surface area contributed by atoms with Gasteiger partial charge >= 0.3 is 0 Å². The SMILES string of the molecule is CNC(=O)c1cnccc1Nc1nc(-c2cc(CI)ccc2F)nc2nc(N(Cc3ccc(OC)cc3)Cc3ccc(OC)cc3)ccc12. The van der Waals surface area contributed by atoms with Crippen LogP contribution in [0.3, 0.4) is 0 Å². The van der Waals surface area contributed by atoms with Crippen LogP contribution in [0.4, 0.5) is 21.7 Å². The van der Waals surface area contributed by atoms with E-state index in [9.17, 15) is 4.79 Å². The maximum atomic E-state index is 15.4. The molecule has 3 aromatic heterocycles. The van der Waals surface area contributed by atoms with E-state index in [1.807, 2.05) is 60.7 Å². The first kappa shape index (κ1) is 33.5. The van der Waals surface area contributed by atoms with Gasteiger partial charge in [-0.2, -0.15) is 0 Å². The van der Waals surface area contributed by atoms with Crippen molar-refractivity contribution in [3.8, 4) is 22.9 Å². The zero-order valence-electron chi connectivity index (χ0n) is 27.1. The lowest BCUT2D eigenvalue weighted by atomic mass is 10.1. The Morgan fingerprint density at radius 3 is 2.10 bits per heavy atom. The molecule has 6 rings (SSSR count). The number of carbonyl (C=O) groups excluding carboxylic acids is 1. The molecule has 10 nitrogen and oxygen atoms in total. The second-order valence-electron chi connectivity index (χ2n) is 11.1. The van der Waals surface area contributed by atoms with Gasteiger partial charge in [0.05, 0.1) is 36.4 Å². The summed E-state index contributed by atoms with van der Waals surface area (Å²) in [5.74, 6) is 1.96. The second kappa shape index (κ2) is 15.2. The minimum absolute atomic E-state index is 0.163. The lowest BCUT2D eigenvalue weighted by Crippen LogP contribution is -2.23. The average molecular weight is 770 g/mol. The van der Waals surface area contributed by atoms with E-state index >= 15 is 4.39 Å². The molecular weight excluding hydrogens is 736 g/mol. The summed E-state index contributed by atoms with van der Waals surface area (Å²) in [5.41, 5.74) is 4.45. The molecule has 0 fully saturated rings. The number of aromatic nitrogens is 4. The molecule has 49 heavy (non-hydrogen) atoms. The van der Waals surface area contributed by atoms with E-state index in [1.54, 1.807) is 45.7 Å². The average Bonchev–Trinajstić information content (AvgIpc) is 3.15. The molecule has 0 atom stereocenters. The first-order valence-electron chi connectivity index (χ1n) is 15.4. The molecule has 0 aliphatic carbocycles. The van der Waals surface area contributed by atoms with Crippen molar-refractivity contribution in [3.63, 3.8) is 0 Å². The van der Waals surface area contributed by atoms with Gasteiger partial charge in [0.25, 0.3) is 5.91 Å². The fourth-order valence-corrected chi connectivity index (χ4v) is 5.76. The summed E-state index contributed by atoms with van der Waals surface area (Å²) in [4.78, 5) is 33.6. The minimum atomic E-state index is -0.453. The molecule has 3 aromatic carbocycles. The van der Waals surface area contributed by atoms with Crippen molar-refractivity contribution in [2.24, 2.45) is 0 Å². The molecule has 0 unspecified atom stereocenters. The fraction of sp³-hybridized carbons (Fsp3) is 0.162. The number of alkyl halides is 1. The van der Waals surface area contributed by atoms with Gasteiger partial charge in [-0.05, 0) is 71.3 Å². The van der Waals surface area contributed by atoms with Crippen molar-refractivity contribution in [2.75, 3.05) is 31.5 Å². The van der Waals surface area contributed by atoms with E-state index in [2.05, 4.69) is 43.1 Å². The summed E-state index contributed by atoms with van der Waals surface area (Å²) >= 11 is 2.24. The van der Waals surface area contributed by atoms with Gasteiger partial charge in [0, 0.05) is 37.0 Å². The van der Waals surface area contributed by atoms with Gasteiger partial charge in [0.15, 0.2) is 11.5 Å². The highest BCUT2D eigenvalue weighted by atomic mass is 127. The van der Waals surface area contributed by atoms with Crippen LogP contribution in [0, 0.1) is 5.82 Å². The normalized spacial score (nSPS) is 10.9. The molecule has 2 N–H and O–H groups in total. The van der Waals surface area contributed by atoms with Crippen LogP contribution in [-0.4, -0.2) is 47.1 Å². The van der Waals surface area contributed by atoms with Crippen molar-refractivity contribution in [3.05, 3.63) is 125 Å². The van der Waals surface area contributed by atoms with E-state index in [4.69, 9.17) is 24.4 Å². The first-order chi connectivity index (χ1) is 23.9. The van der Waals surface area contributed by atoms with E-state index in [-0.39, 0.29) is 17.3 Å². The highest BCUT2D eigenvalue weighted by Crippen LogP contribution is 2.32. The number of anilines is 3. The van der Waals surface area contributed by atoms with E-state index in [1.165, 1.54) is 12.3 Å². The predicted octanol–water partition coefficient (Wildman–Crippen LogP) is 7.49. The molecule has 12 heteroatoms. The molecule has 0 aliphatic rings. The Morgan fingerprint density at radius 1 is 0.837 bits per heavy atom. The summed E-state index contributed by atoms with van der Waals surface area (Å²) in [6.45, 7) is 1.08. The van der Waals surface area contributed by atoms with E-state index < -0.39 is 5.82 Å². The first-order valence-corrected chi connectivity index (χ1v) is 16.9. The predicted molar refractivity (Wildman–Crippen MR) is 197 cm³/mol. The summed E-state index contributed by atoms with van der Waals surface area (Å²) in [6.07, 6.45) is 3.05. The third kappa shape index (κ3) is 7.70. The Balaban J connectivity index is 1.48. The minimum Gasteiger partial charge on any atom is -0.497 e. The summed E-state index contributed by atoms with van der Waals surface area (Å²) in [7, 11) is 4.83. The fourth-order valence-electron chi connectivity index (χ4n) is 5.29. The van der Waals surface area contributed by atoms with Crippen LogP contribution in [0.25, 0.3) is 22.4 Å². The zero-order chi connectivity index (χ0) is 34.3. The maximum Gasteiger partial charge on any atom is 0.254 e. The number of halogens is 2. The van der Waals surface area contributed by atoms with Gasteiger partial charge in [-0.3, -0.25) is 9.78 Å². The number of nitrogens with one attached hydrogen (secondary N) is 2. The molecule has 6 aromatic rings. The number of hydrogen-bond donors (Lipinski definition) is 2. The number of carbonyl (C=O) groups is 1. The molecule has 248 valence electrons.